The summed E-state index contributed by atoms with van der Waals surface area (Å²) in [4.78, 5) is 14.0. The molecule has 0 aliphatic carbocycles. The highest BCUT2D eigenvalue weighted by Crippen LogP contribution is 2.33. The van der Waals surface area contributed by atoms with Crippen molar-refractivity contribution in [3.8, 4) is 17.1 Å². The van der Waals surface area contributed by atoms with Gasteiger partial charge in [-0.1, -0.05) is 24.3 Å². The van der Waals surface area contributed by atoms with Crippen LogP contribution in [0.25, 0.3) is 11.4 Å². The molecule has 1 saturated heterocycles. The van der Waals surface area contributed by atoms with Crippen LogP contribution in [0.5, 0.6) is 5.75 Å². The number of hydrogen-bond donors (Lipinski definition) is 0. The van der Waals surface area contributed by atoms with Crippen molar-refractivity contribution in [1.29, 1.82) is 0 Å². The largest absolute Gasteiger partial charge is 0.491 e. The molecule has 3 aromatic rings. The van der Waals surface area contributed by atoms with Gasteiger partial charge in [-0.15, -0.1) is 0 Å². The number of rotatable bonds is 6. The second-order valence-corrected chi connectivity index (χ2v) is 7.72. The molecule has 3 heterocycles. The summed E-state index contributed by atoms with van der Waals surface area (Å²) < 4.78 is 51.6. The van der Waals surface area contributed by atoms with E-state index in [4.69, 9.17) is 21.1 Å². The Labute approximate surface area is 187 Å². The van der Waals surface area contributed by atoms with Gasteiger partial charge in [-0.2, -0.15) is 18.2 Å². The fraction of sp³-hybridized carbons (Fsp3) is 0.381. The third-order valence-electron chi connectivity index (χ3n) is 5.18. The van der Waals surface area contributed by atoms with Crippen LogP contribution in [0.3, 0.4) is 0 Å². The first-order valence-corrected chi connectivity index (χ1v) is 10.3. The molecule has 1 unspecified atom stereocenters. The van der Waals surface area contributed by atoms with Crippen molar-refractivity contribution in [2.45, 2.75) is 31.8 Å². The Morgan fingerprint density at radius 3 is 2.59 bits per heavy atom. The molecule has 0 saturated carbocycles. The zero-order chi connectivity index (χ0) is 22.9. The number of anilines is 1. The molecule has 0 N–H and O–H groups in total. The molecule has 11 heteroatoms. The van der Waals surface area contributed by atoms with E-state index < -0.39 is 11.9 Å². The average Bonchev–Trinajstić information content (AvgIpc) is 3.42. The molecule has 170 valence electrons. The van der Waals surface area contributed by atoms with E-state index in [-0.39, 0.29) is 17.3 Å². The van der Waals surface area contributed by atoms with E-state index in [0.717, 1.165) is 24.6 Å². The van der Waals surface area contributed by atoms with Crippen LogP contribution in [0.15, 0.2) is 36.7 Å². The molecule has 7 nitrogen and oxygen atoms in total. The highest BCUT2D eigenvalue weighted by Gasteiger charge is 2.34. The van der Waals surface area contributed by atoms with Gasteiger partial charge < -0.3 is 18.9 Å². The van der Waals surface area contributed by atoms with Crippen LogP contribution in [0, 0.1) is 0 Å². The predicted molar refractivity (Wildman–Crippen MR) is 112 cm³/mol. The summed E-state index contributed by atoms with van der Waals surface area (Å²) in [6.45, 7) is 1.07. The van der Waals surface area contributed by atoms with Crippen LogP contribution in [-0.4, -0.2) is 39.5 Å². The summed E-state index contributed by atoms with van der Waals surface area (Å²) in [5.41, 5.74) is 0.570. The number of nitrogens with zero attached hydrogens (tertiary/aromatic N) is 5. The molecular formula is C21H21ClF3N5O2. The van der Waals surface area contributed by atoms with Gasteiger partial charge in [0.25, 0.3) is 0 Å². The first-order valence-electron chi connectivity index (χ1n) is 9.91. The van der Waals surface area contributed by atoms with Crippen LogP contribution < -0.4 is 9.64 Å². The van der Waals surface area contributed by atoms with Crippen molar-refractivity contribution in [3.63, 3.8) is 0 Å². The Kier molecular flexibility index (Phi) is 6.25. The lowest BCUT2D eigenvalue weighted by Crippen LogP contribution is -2.35. The first kappa shape index (κ1) is 22.3. The maximum Gasteiger partial charge on any atom is 0.434 e. The Balaban J connectivity index is 1.62. The van der Waals surface area contributed by atoms with E-state index >= 15 is 0 Å². The van der Waals surface area contributed by atoms with Crippen molar-refractivity contribution >= 4 is 17.4 Å². The van der Waals surface area contributed by atoms with Gasteiger partial charge in [0.1, 0.15) is 12.1 Å². The van der Waals surface area contributed by atoms with Crippen LogP contribution in [-0.2, 0) is 24.5 Å². The number of methoxy groups -OCH3 is 1. The van der Waals surface area contributed by atoms with E-state index in [1.807, 2.05) is 17.0 Å². The SMILES string of the molecule is COc1cnc(Cl)nc1N(Cc1ccc(-c2nc(C(F)(F)F)cn2C)cc1)C1CCCO1. The lowest BCUT2D eigenvalue weighted by atomic mass is 10.1. The van der Waals surface area contributed by atoms with Crippen molar-refractivity contribution in [1.82, 2.24) is 19.5 Å². The zero-order valence-corrected chi connectivity index (χ0v) is 18.2. The van der Waals surface area contributed by atoms with Gasteiger partial charge >= 0.3 is 6.18 Å². The molecule has 0 radical (unpaired) electrons. The first-order chi connectivity index (χ1) is 15.3. The molecule has 2 aromatic heterocycles. The van der Waals surface area contributed by atoms with E-state index in [1.54, 1.807) is 12.1 Å². The maximum absolute atomic E-state index is 13.0. The van der Waals surface area contributed by atoms with Crippen molar-refractivity contribution in [2.75, 3.05) is 18.6 Å². The minimum atomic E-state index is -4.49. The standard InChI is InChI=1S/C21H21ClF3N5O2/c1-29-12-16(21(23,24)25)27-18(29)14-7-5-13(6-8-14)11-30(17-4-3-9-32-17)19-15(31-2)10-26-20(22)28-19/h5-8,10,12,17H,3-4,9,11H2,1-2H3. The second-order valence-electron chi connectivity index (χ2n) is 7.38. The van der Waals surface area contributed by atoms with Gasteiger partial charge in [0.05, 0.1) is 13.3 Å². The molecule has 1 aromatic carbocycles. The average molecular weight is 468 g/mol. The van der Waals surface area contributed by atoms with Crippen LogP contribution in [0.1, 0.15) is 24.1 Å². The lowest BCUT2D eigenvalue weighted by Gasteiger charge is -2.30. The molecule has 32 heavy (non-hydrogen) atoms. The van der Waals surface area contributed by atoms with Crippen molar-refractivity contribution < 1.29 is 22.6 Å². The normalized spacial score (nSPS) is 16.4. The molecule has 1 fully saturated rings. The molecule has 1 aliphatic heterocycles. The number of hydrogen-bond acceptors (Lipinski definition) is 6. The summed E-state index contributed by atoms with van der Waals surface area (Å²) in [7, 11) is 3.07. The molecule has 1 aliphatic rings. The van der Waals surface area contributed by atoms with Crippen molar-refractivity contribution in [2.24, 2.45) is 7.05 Å². The number of halogens is 4. The molecular weight excluding hydrogens is 447 g/mol. The number of aromatic nitrogens is 4. The Morgan fingerprint density at radius 1 is 1.25 bits per heavy atom. The molecule has 4 rings (SSSR count). The van der Waals surface area contributed by atoms with Gasteiger partial charge in [0.15, 0.2) is 17.3 Å². The van der Waals surface area contributed by atoms with E-state index in [2.05, 4.69) is 15.0 Å². The van der Waals surface area contributed by atoms with Gasteiger partial charge in [-0.05, 0) is 30.0 Å². The molecule has 0 spiro atoms. The topological polar surface area (TPSA) is 65.3 Å². The van der Waals surface area contributed by atoms with Gasteiger partial charge in [-0.3, -0.25) is 0 Å². The van der Waals surface area contributed by atoms with Crippen molar-refractivity contribution in [3.05, 3.63) is 53.2 Å². The van der Waals surface area contributed by atoms with Gasteiger partial charge in [0, 0.05) is 32.0 Å². The second kappa shape index (κ2) is 8.95. The summed E-state index contributed by atoms with van der Waals surface area (Å²) in [5.74, 6) is 1.22. The minimum absolute atomic E-state index is 0.0920. The summed E-state index contributed by atoms with van der Waals surface area (Å²) in [5, 5.41) is 0.0920. The fourth-order valence-electron chi connectivity index (χ4n) is 3.64. The molecule has 1 atom stereocenters. The lowest BCUT2D eigenvalue weighted by molar-refractivity contribution is -0.140. The summed E-state index contributed by atoms with van der Waals surface area (Å²) >= 11 is 6.03. The zero-order valence-electron chi connectivity index (χ0n) is 17.4. The van der Waals surface area contributed by atoms with Gasteiger partial charge in [-0.25, -0.2) is 9.97 Å². The van der Waals surface area contributed by atoms with Crippen LogP contribution >= 0.6 is 11.6 Å². The quantitative estimate of drug-likeness (QED) is 0.490. The molecule has 0 bridgehead atoms. The van der Waals surface area contributed by atoms with E-state index in [0.29, 0.717) is 30.3 Å². The number of alkyl halides is 3. The fourth-order valence-corrected chi connectivity index (χ4v) is 3.77. The highest BCUT2D eigenvalue weighted by molar-refractivity contribution is 6.28. The predicted octanol–water partition coefficient (Wildman–Crippen LogP) is 4.70. The number of imidazole rings is 1. The highest BCUT2D eigenvalue weighted by atomic mass is 35.5. The number of ether oxygens (including phenoxy) is 2. The van der Waals surface area contributed by atoms with Crippen LogP contribution in [0.2, 0.25) is 5.28 Å². The van der Waals surface area contributed by atoms with Gasteiger partial charge in [0.2, 0.25) is 5.28 Å². The number of benzene rings is 1. The summed E-state index contributed by atoms with van der Waals surface area (Å²) in [6, 6.07) is 7.17. The number of aryl methyl sites for hydroxylation is 1. The molecule has 0 amide bonds. The van der Waals surface area contributed by atoms with Crippen LogP contribution in [0.4, 0.5) is 19.0 Å². The van der Waals surface area contributed by atoms with E-state index in [1.165, 1.54) is 24.9 Å². The summed E-state index contributed by atoms with van der Waals surface area (Å²) in [6.07, 6.45) is -0.477. The van der Waals surface area contributed by atoms with E-state index in [9.17, 15) is 13.2 Å². The monoisotopic (exact) mass is 467 g/mol. The smallest absolute Gasteiger partial charge is 0.434 e. The third kappa shape index (κ3) is 4.66. The Bertz CT molecular complexity index is 1080. The maximum atomic E-state index is 13.0. The minimum Gasteiger partial charge on any atom is -0.491 e. The third-order valence-corrected chi connectivity index (χ3v) is 5.37. The Morgan fingerprint density at radius 2 is 2.00 bits per heavy atom. The Hall–Kier alpha value is -2.85.